The van der Waals surface area contributed by atoms with Crippen LogP contribution in [-0.4, -0.2) is 29.8 Å². The van der Waals surface area contributed by atoms with Gasteiger partial charge in [-0.3, -0.25) is 4.79 Å². The average Bonchev–Trinajstić information content (AvgIpc) is 3.25. The van der Waals surface area contributed by atoms with Gasteiger partial charge in [-0.15, -0.1) is 0 Å². The number of hydrogen-bond acceptors (Lipinski definition) is 3. The number of nitrogens with one attached hydrogen (secondary N) is 1. The fourth-order valence-corrected chi connectivity index (χ4v) is 3.84. The Morgan fingerprint density at radius 2 is 1.89 bits per heavy atom. The molecule has 0 unspecified atom stereocenters. The molecular weight excluding hydrogens is 355 g/mol. The van der Waals surface area contributed by atoms with Gasteiger partial charge in [0.2, 0.25) is 0 Å². The zero-order chi connectivity index (χ0) is 19.8. The molecule has 1 aromatic heterocycles. The van der Waals surface area contributed by atoms with Crippen LogP contribution in [0.3, 0.4) is 0 Å². The van der Waals surface area contributed by atoms with Crippen LogP contribution in [0.4, 0.5) is 15.8 Å². The first-order valence-corrected chi connectivity index (χ1v) is 9.40. The van der Waals surface area contributed by atoms with Gasteiger partial charge in [-0.1, -0.05) is 0 Å². The molecule has 1 aliphatic rings. The molecule has 0 saturated heterocycles. The van der Waals surface area contributed by atoms with Crippen molar-refractivity contribution in [1.82, 2.24) is 9.78 Å². The minimum absolute atomic E-state index is 0.212. The van der Waals surface area contributed by atoms with E-state index >= 15 is 0 Å². The molecule has 1 heterocycles. The lowest BCUT2D eigenvalue weighted by atomic mass is 10.1. The maximum absolute atomic E-state index is 13.3. The van der Waals surface area contributed by atoms with Gasteiger partial charge >= 0.3 is 0 Å². The largest absolute Gasteiger partial charge is 0.377 e. The smallest absolute Gasteiger partial charge is 0.276 e. The second-order valence-electron chi connectivity index (χ2n) is 7.37. The highest BCUT2D eigenvalue weighted by Crippen LogP contribution is 2.29. The lowest BCUT2D eigenvalue weighted by molar-refractivity contribution is 0.102. The maximum Gasteiger partial charge on any atom is 0.276 e. The molecule has 0 saturated carbocycles. The molecule has 0 fully saturated rings. The summed E-state index contributed by atoms with van der Waals surface area (Å²) in [5.41, 5.74) is 6.19. The van der Waals surface area contributed by atoms with E-state index in [0.29, 0.717) is 5.69 Å². The number of fused-ring (bicyclic) bond motifs is 1. The van der Waals surface area contributed by atoms with Gasteiger partial charge in [0, 0.05) is 36.7 Å². The number of carbonyl (C=O) groups excluding carboxylic acids is 1. The molecule has 3 aromatic rings. The first kappa shape index (κ1) is 18.2. The molecular formula is C22H23FN4O. The molecule has 0 bridgehead atoms. The Bertz CT molecular complexity index is 1040. The molecule has 2 aromatic carbocycles. The van der Waals surface area contributed by atoms with E-state index in [0.717, 1.165) is 53.1 Å². The van der Waals surface area contributed by atoms with E-state index in [4.69, 9.17) is 0 Å². The van der Waals surface area contributed by atoms with Crippen molar-refractivity contribution in [2.45, 2.75) is 26.2 Å². The number of anilines is 2. The normalized spacial score (nSPS) is 12.7. The highest BCUT2D eigenvalue weighted by Gasteiger charge is 2.27. The van der Waals surface area contributed by atoms with Crippen molar-refractivity contribution in [3.8, 4) is 5.69 Å². The summed E-state index contributed by atoms with van der Waals surface area (Å²) >= 11 is 0. The van der Waals surface area contributed by atoms with Crippen molar-refractivity contribution in [1.29, 1.82) is 0 Å². The lowest BCUT2D eigenvalue weighted by Gasteiger charge is -2.16. The Labute approximate surface area is 163 Å². The number of aromatic nitrogens is 2. The van der Waals surface area contributed by atoms with Gasteiger partial charge < -0.3 is 10.2 Å². The summed E-state index contributed by atoms with van der Waals surface area (Å²) in [6.07, 6.45) is 2.69. The quantitative estimate of drug-likeness (QED) is 0.743. The summed E-state index contributed by atoms with van der Waals surface area (Å²) < 4.78 is 15.0. The van der Waals surface area contributed by atoms with Crippen molar-refractivity contribution in [3.05, 3.63) is 70.8 Å². The van der Waals surface area contributed by atoms with E-state index in [-0.39, 0.29) is 11.7 Å². The SMILES string of the molecule is Cc1cc(NC(=O)c2nn(-c3ccc(F)cc3)c3c2CCC3)ccc1N(C)C. The van der Waals surface area contributed by atoms with Crippen LogP contribution in [-0.2, 0) is 12.8 Å². The van der Waals surface area contributed by atoms with E-state index in [9.17, 15) is 9.18 Å². The van der Waals surface area contributed by atoms with Crippen molar-refractivity contribution < 1.29 is 9.18 Å². The number of carbonyl (C=O) groups is 1. The summed E-state index contributed by atoms with van der Waals surface area (Å²) in [7, 11) is 3.98. The monoisotopic (exact) mass is 378 g/mol. The van der Waals surface area contributed by atoms with Gasteiger partial charge in [0.25, 0.3) is 5.91 Å². The van der Waals surface area contributed by atoms with Crippen LogP contribution in [0.15, 0.2) is 42.5 Å². The number of nitrogens with zero attached hydrogens (tertiary/aromatic N) is 3. The zero-order valence-electron chi connectivity index (χ0n) is 16.3. The second kappa shape index (κ2) is 7.11. The van der Waals surface area contributed by atoms with Gasteiger partial charge in [0.1, 0.15) is 5.82 Å². The number of halogens is 1. The molecule has 144 valence electrons. The fourth-order valence-electron chi connectivity index (χ4n) is 3.84. The Morgan fingerprint density at radius 1 is 1.14 bits per heavy atom. The minimum Gasteiger partial charge on any atom is -0.377 e. The van der Waals surface area contributed by atoms with Crippen LogP contribution in [0, 0.1) is 12.7 Å². The van der Waals surface area contributed by atoms with Gasteiger partial charge in [-0.25, -0.2) is 9.07 Å². The third-order valence-corrected chi connectivity index (χ3v) is 5.15. The van der Waals surface area contributed by atoms with Crippen LogP contribution < -0.4 is 10.2 Å². The first-order valence-electron chi connectivity index (χ1n) is 9.40. The Hall–Kier alpha value is -3.15. The van der Waals surface area contributed by atoms with Crippen LogP contribution in [0.2, 0.25) is 0 Å². The number of benzene rings is 2. The van der Waals surface area contributed by atoms with E-state index in [1.807, 2.05) is 44.1 Å². The highest BCUT2D eigenvalue weighted by atomic mass is 19.1. The molecule has 0 aliphatic heterocycles. The summed E-state index contributed by atoms with van der Waals surface area (Å²) in [6, 6.07) is 12.0. The van der Waals surface area contributed by atoms with Crippen LogP contribution in [0.5, 0.6) is 0 Å². The highest BCUT2D eigenvalue weighted by molar-refractivity contribution is 6.04. The molecule has 5 nitrogen and oxygen atoms in total. The lowest BCUT2D eigenvalue weighted by Crippen LogP contribution is -2.16. The third kappa shape index (κ3) is 3.26. The van der Waals surface area contributed by atoms with Gasteiger partial charge in [-0.05, 0) is 74.2 Å². The number of aryl methyl sites for hydroxylation is 1. The number of amides is 1. The predicted molar refractivity (Wildman–Crippen MR) is 109 cm³/mol. The molecule has 4 rings (SSSR count). The summed E-state index contributed by atoms with van der Waals surface area (Å²) in [6.45, 7) is 2.02. The standard InChI is InChI=1S/C22H23FN4O/c1-14-13-16(9-12-19(14)26(2)3)24-22(28)21-18-5-4-6-20(18)27(25-21)17-10-7-15(23)8-11-17/h7-13H,4-6H2,1-3H3,(H,24,28). The van der Waals surface area contributed by atoms with Gasteiger partial charge in [-0.2, -0.15) is 5.10 Å². The molecule has 1 N–H and O–H groups in total. The van der Waals surface area contributed by atoms with E-state index in [1.54, 1.807) is 16.8 Å². The second-order valence-corrected chi connectivity index (χ2v) is 7.37. The Morgan fingerprint density at radius 3 is 2.57 bits per heavy atom. The van der Waals surface area contributed by atoms with Crippen molar-refractivity contribution in [3.63, 3.8) is 0 Å². The molecule has 1 aliphatic carbocycles. The van der Waals surface area contributed by atoms with Crippen LogP contribution in [0.1, 0.15) is 33.7 Å². The molecule has 0 atom stereocenters. The molecule has 1 amide bonds. The van der Waals surface area contributed by atoms with E-state index in [2.05, 4.69) is 10.4 Å². The summed E-state index contributed by atoms with van der Waals surface area (Å²) in [4.78, 5) is 15.0. The molecule has 6 heteroatoms. The minimum atomic E-state index is -0.290. The predicted octanol–water partition coefficient (Wildman–Crippen LogP) is 4.13. The van der Waals surface area contributed by atoms with E-state index in [1.165, 1.54) is 12.1 Å². The summed E-state index contributed by atoms with van der Waals surface area (Å²) in [5, 5.41) is 7.55. The van der Waals surface area contributed by atoms with Gasteiger partial charge in [0.05, 0.1) is 5.69 Å². The van der Waals surface area contributed by atoms with Crippen LogP contribution >= 0.6 is 0 Å². The number of rotatable bonds is 4. The van der Waals surface area contributed by atoms with Crippen molar-refractivity contribution >= 4 is 17.3 Å². The Kier molecular flexibility index (Phi) is 4.63. The third-order valence-electron chi connectivity index (χ3n) is 5.15. The fraction of sp³-hybridized carbons (Fsp3) is 0.273. The number of hydrogen-bond donors (Lipinski definition) is 1. The summed E-state index contributed by atoms with van der Waals surface area (Å²) in [5.74, 6) is -0.502. The average molecular weight is 378 g/mol. The first-order chi connectivity index (χ1) is 13.4. The van der Waals surface area contributed by atoms with Crippen molar-refractivity contribution in [2.24, 2.45) is 0 Å². The van der Waals surface area contributed by atoms with Gasteiger partial charge in [0.15, 0.2) is 5.69 Å². The van der Waals surface area contributed by atoms with E-state index < -0.39 is 0 Å². The molecule has 28 heavy (non-hydrogen) atoms. The van der Waals surface area contributed by atoms with Crippen molar-refractivity contribution in [2.75, 3.05) is 24.3 Å². The topological polar surface area (TPSA) is 50.2 Å². The molecule has 0 spiro atoms. The molecule has 0 radical (unpaired) electrons. The van der Waals surface area contributed by atoms with Crippen LogP contribution in [0.25, 0.3) is 5.69 Å². The maximum atomic E-state index is 13.3. The zero-order valence-corrected chi connectivity index (χ0v) is 16.3. The Balaban J connectivity index is 1.64.